The Morgan fingerprint density at radius 3 is 2.85 bits per heavy atom. The molecular weight excluding hydrogens is 278 g/mol. The molecule has 0 radical (unpaired) electrons. The average Bonchev–Trinajstić information content (AvgIpc) is 2.87. The SMILES string of the molecule is CCN(Cc1ccc(Cl)cc1C)C1COCC1C(=O)O. The van der Waals surface area contributed by atoms with Crippen LogP contribution < -0.4 is 0 Å². The van der Waals surface area contributed by atoms with Crippen LogP contribution in [0.25, 0.3) is 0 Å². The molecule has 0 aromatic heterocycles. The summed E-state index contributed by atoms with van der Waals surface area (Å²) in [6, 6.07) is 5.75. The van der Waals surface area contributed by atoms with Crippen molar-refractivity contribution in [2.75, 3.05) is 19.8 Å². The van der Waals surface area contributed by atoms with E-state index in [9.17, 15) is 9.90 Å². The number of likely N-dealkylation sites (N-methyl/N-ethyl adjacent to an activating group) is 1. The Morgan fingerprint density at radius 1 is 1.50 bits per heavy atom. The van der Waals surface area contributed by atoms with Gasteiger partial charge in [-0.15, -0.1) is 0 Å². The number of benzene rings is 1. The van der Waals surface area contributed by atoms with E-state index in [2.05, 4.69) is 4.90 Å². The van der Waals surface area contributed by atoms with Gasteiger partial charge in [-0.2, -0.15) is 0 Å². The van der Waals surface area contributed by atoms with Crippen molar-refractivity contribution < 1.29 is 14.6 Å². The van der Waals surface area contributed by atoms with Gasteiger partial charge in [0.05, 0.1) is 19.1 Å². The number of aliphatic carboxylic acids is 1. The number of halogens is 1. The third-order valence-corrected chi connectivity index (χ3v) is 4.16. The molecule has 0 aliphatic carbocycles. The lowest BCUT2D eigenvalue weighted by atomic mass is 10.0. The summed E-state index contributed by atoms with van der Waals surface area (Å²) in [6.45, 7) is 6.36. The van der Waals surface area contributed by atoms with Gasteiger partial charge in [-0.05, 0) is 36.7 Å². The largest absolute Gasteiger partial charge is 0.481 e. The number of hydrogen-bond acceptors (Lipinski definition) is 3. The maximum Gasteiger partial charge on any atom is 0.310 e. The van der Waals surface area contributed by atoms with Crippen molar-refractivity contribution in [3.8, 4) is 0 Å². The van der Waals surface area contributed by atoms with Gasteiger partial charge in [0.25, 0.3) is 0 Å². The van der Waals surface area contributed by atoms with Crippen LogP contribution in [0.4, 0.5) is 0 Å². The number of ether oxygens (including phenoxy) is 1. The molecule has 1 heterocycles. The highest BCUT2D eigenvalue weighted by Gasteiger charge is 2.37. The summed E-state index contributed by atoms with van der Waals surface area (Å²) < 4.78 is 5.36. The van der Waals surface area contributed by atoms with E-state index in [1.54, 1.807) is 0 Å². The number of aryl methyl sites for hydroxylation is 1. The van der Waals surface area contributed by atoms with Gasteiger partial charge in [0.15, 0.2) is 0 Å². The lowest BCUT2D eigenvalue weighted by Gasteiger charge is -2.29. The van der Waals surface area contributed by atoms with Crippen LogP contribution in [0.1, 0.15) is 18.1 Å². The first-order chi connectivity index (χ1) is 9.52. The second kappa shape index (κ2) is 6.57. The highest BCUT2D eigenvalue weighted by Crippen LogP contribution is 2.23. The first-order valence-electron chi connectivity index (χ1n) is 6.82. The molecule has 1 saturated heterocycles. The summed E-state index contributed by atoms with van der Waals surface area (Å²) >= 11 is 5.97. The quantitative estimate of drug-likeness (QED) is 0.907. The molecule has 0 saturated carbocycles. The second-order valence-corrected chi connectivity index (χ2v) is 5.62. The lowest BCUT2D eigenvalue weighted by molar-refractivity contribution is -0.143. The summed E-state index contributed by atoms with van der Waals surface area (Å²) in [4.78, 5) is 13.4. The molecule has 5 heteroatoms. The van der Waals surface area contributed by atoms with Crippen molar-refractivity contribution >= 4 is 17.6 Å². The van der Waals surface area contributed by atoms with Crippen LogP contribution >= 0.6 is 11.6 Å². The summed E-state index contributed by atoms with van der Waals surface area (Å²) in [7, 11) is 0. The number of carboxylic acid groups (broad SMARTS) is 1. The van der Waals surface area contributed by atoms with Crippen molar-refractivity contribution in [3.05, 3.63) is 34.3 Å². The number of rotatable bonds is 5. The van der Waals surface area contributed by atoms with Gasteiger partial charge in [0.2, 0.25) is 0 Å². The Hall–Kier alpha value is -1.10. The molecule has 2 rings (SSSR count). The lowest BCUT2D eigenvalue weighted by Crippen LogP contribution is -2.42. The molecule has 1 aromatic carbocycles. The van der Waals surface area contributed by atoms with Gasteiger partial charge in [0, 0.05) is 17.6 Å². The van der Waals surface area contributed by atoms with Crippen molar-refractivity contribution in [1.29, 1.82) is 0 Å². The van der Waals surface area contributed by atoms with Crippen molar-refractivity contribution in [3.63, 3.8) is 0 Å². The molecule has 1 aliphatic rings. The third-order valence-electron chi connectivity index (χ3n) is 3.92. The molecule has 20 heavy (non-hydrogen) atoms. The third kappa shape index (κ3) is 3.32. The molecule has 0 amide bonds. The van der Waals surface area contributed by atoms with Gasteiger partial charge in [-0.1, -0.05) is 24.6 Å². The predicted octanol–water partition coefficient (Wildman–Crippen LogP) is 2.57. The summed E-state index contributed by atoms with van der Waals surface area (Å²) in [5, 5.41) is 9.99. The van der Waals surface area contributed by atoms with E-state index in [4.69, 9.17) is 16.3 Å². The minimum atomic E-state index is -0.779. The standard InChI is InChI=1S/C15H20ClNO3/c1-3-17(14-9-20-8-13(14)15(18)19)7-11-4-5-12(16)6-10(11)2/h4-6,13-14H,3,7-9H2,1-2H3,(H,18,19). The molecular formula is C15H20ClNO3. The summed E-state index contributed by atoms with van der Waals surface area (Å²) in [5.74, 6) is -1.22. The van der Waals surface area contributed by atoms with Gasteiger partial charge < -0.3 is 9.84 Å². The van der Waals surface area contributed by atoms with Crippen LogP contribution in [-0.2, 0) is 16.1 Å². The Kier molecular flexibility index (Phi) is 5.02. The van der Waals surface area contributed by atoms with Gasteiger partial charge in [-0.3, -0.25) is 9.69 Å². The number of hydrogen-bond donors (Lipinski definition) is 1. The van der Waals surface area contributed by atoms with E-state index in [1.807, 2.05) is 32.0 Å². The monoisotopic (exact) mass is 297 g/mol. The van der Waals surface area contributed by atoms with E-state index in [-0.39, 0.29) is 6.04 Å². The molecule has 2 atom stereocenters. The average molecular weight is 298 g/mol. The van der Waals surface area contributed by atoms with Gasteiger partial charge in [0.1, 0.15) is 0 Å². The summed E-state index contributed by atoms with van der Waals surface area (Å²) in [6.07, 6.45) is 0. The van der Waals surface area contributed by atoms with E-state index in [0.29, 0.717) is 13.2 Å². The molecule has 1 aliphatic heterocycles. The molecule has 0 spiro atoms. The minimum absolute atomic E-state index is 0.0624. The maximum atomic E-state index is 11.3. The zero-order valence-electron chi connectivity index (χ0n) is 11.8. The first kappa shape index (κ1) is 15.3. The first-order valence-corrected chi connectivity index (χ1v) is 7.20. The Bertz CT molecular complexity index is 492. The summed E-state index contributed by atoms with van der Waals surface area (Å²) in [5.41, 5.74) is 2.30. The van der Waals surface area contributed by atoms with E-state index in [0.717, 1.165) is 23.7 Å². The van der Waals surface area contributed by atoms with Crippen LogP contribution in [0.2, 0.25) is 5.02 Å². The van der Waals surface area contributed by atoms with Crippen molar-refractivity contribution in [2.24, 2.45) is 5.92 Å². The fourth-order valence-corrected chi connectivity index (χ4v) is 2.88. The van der Waals surface area contributed by atoms with Crippen LogP contribution in [0, 0.1) is 12.8 Å². The van der Waals surface area contributed by atoms with Gasteiger partial charge >= 0.3 is 5.97 Å². The van der Waals surface area contributed by atoms with Crippen LogP contribution in [0.3, 0.4) is 0 Å². The van der Waals surface area contributed by atoms with Crippen molar-refractivity contribution in [2.45, 2.75) is 26.4 Å². The van der Waals surface area contributed by atoms with E-state index >= 15 is 0 Å². The highest BCUT2D eigenvalue weighted by molar-refractivity contribution is 6.30. The predicted molar refractivity (Wildman–Crippen MR) is 78.0 cm³/mol. The van der Waals surface area contributed by atoms with Crippen LogP contribution in [0.15, 0.2) is 18.2 Å². The zero-order chi connectivity index (χ0) is 14.7. The topological polar surface area (TPSA) is 49.8 Å². The molecule has 4 nitrogen and oxygen atoms in total. The normalized spacial score (nSPS) is 22.4. The molecule has 0 bridgehead atoms. The Balaban J connectivity index is 2.14. The van der Waals surface area contributed by atoms with Crippen LogP contribution in [-0.4, -0.2) is 41.8 Å². The molecule has 2 unspecified atom stereocenters. The highest BCUT2D eigenvalue weighted by atomic mass is 35.5. The number of carbonyl (C=O) groups is 1. The second-order valence-electron chi connectivity index (χ2n) is 5.18. The van der Waals surface area contributed by atoms with Crippen LogP contribution in [0.5, 0.6) is 0 Å². The molecule has 1 fully saturated rings. The smallest absolute Gasteiger partial charge is 0.310 e. The maximum absolute atomic E-state index is 11.3. The Labute approximate surface area is 124 Å². The minimum Gasteiger partial charge on any atom is -0.481 e. The van der Waals surface area contributed by atoms with Crippen molar-refractivity contribution in [1.82, 2.24) is 4.90 Å². The van der Waals surface area contributed by atoms with Gasteiger partial charge in [-0.25, -0.2) is 0 Å². The van der Waals surface area contributed by atoms with E-state index < -0.39 is 11.9 Å². The Morgan fingerprint density at radius 2 is 2.25 bits per heavy atom. The number of nitrogens with zero attached hydrogens (tertiary/aromatic N) is 1. The van der Waals surface area contributed by atoms with E-state index in [1.165, 1.54) is 5.56 Å². The fraction of sp³-hybridized carbons (Fsp3) is 0.533. The zero-order valence-corrected chi connectivity index (χ0v) is 12.6. The molecule has 1 aromatic rings. The fourth-order valence-electron chi connectivity index (χ4n) is 2.66. The molecule has 1 N–H and O–H groups in total. The molecule has 110 valence electrons. The number of carboxylic acids is 1.